The number of nitrogens with one attached hydrogen (secondary N) is 2. The fourth-order valence-corrected chi connectivity index (χ4v) is 1.48. The smallest absolute Gasteiger partial charge is 0.238 e. The first-order valence-electron chi connectivity index (χ1n) is 6.13. The van der Waals surface area contributed by atoms with Gasteiger partial charge >= 0.3 is 0 Å². The predicted molar refractivity (Wildman–Crippen MR) is 72.3 cm³/mol. The topological polar surface area (TPSA) is 41.1 Å². The normalized spacial score (nSPS) is 12.2. The third-order valence-corrected chi connectivity index (χ3v) is 2.89. The van der Waals surface area contributed by atoms with Crippen molar-refractivity contribution in [3.63, 3.8) is 0 Å². The minimum absolute atomic E-state index is 0.0130. The molecule has 0 bridgehead atoms. The molecular weight excluding hydrogens is 212 g/mol. The second kappa shape index (κ2) is 6.40. The van der Waals surface area contributed by atoms with Crippen LogP contribution in [0.5, 0.6) is 0 Å². The van der Waals surface area contributed by atoms with Gasteiger partial charge in [0.15, 0.2) is 0 Å². The number of carbonyl (C=O) groups excluding carboxylic acids is 1. The standard InChI is InChI=1S/C14H22N2O/c1-5-12(4)15-9-14(17)16-13-8-10(2)6-7-11(13)3/h6-8,12,15H,5,9H2,1-4H3,(H,16,17). The molecule has 0 aliphatic heterocycles. The summed E-state index contributed by atoms with van der Waals surface area (Å²) in [7, 11) is 0. The van der Waals surface area contributed by atoms with E-state index in [1.807, 2.05) is 32.0 Å². The number of amides is 1. The molecule has 1 unspecified atom stereocenters. The van der Waals surface area contributed by atoms with Gasteiger partial charge in [-0.15, -0.1) is 0 Å². The Hall–Kier alpha value is -1.35. The maximum absolute atomic E-state index is 11.7. The Labute approximate surface area is 104 Å². The van der Waals surface area contributed by atoms with Crippen molar-refractivity contribution >= 4 is 11.6 Å². The summed E-state index contributed by atoms with van der Waals surface area (Å²) in [5.74, 6) is 0.0130. The highest BCUT2D eigenvalue weighted by Crippen LogP contribution is 2.15. The second-order valence-electron chi connectivity index (χ2n) is 4.56. The minimum Gasteiger partial charge on any atom is -0.325 e. The molecule has 1 aromatic rings. The lowest BCUT2D eigenvalue weighted by molar-refractivity contribution is -0.115. The van der Waals surface area contributed by atoms with E-state index in [4.69, 9.17) is 0 Å². The second-order valence-corrected chi connectivity index (χ2v) is 4.56. The molecule has 0 spiro atoms. The quantitative estimate of drug-likeness (QED) is 0.822. The molecule has 3 nitrogen and oxygen atoms in total. The van der Waals surface area contributed by atoms with Crippen molar-refractivity contribution in [3.8, 4) is 0 Å². The average molecular weight is 234 g/mol. The van der Waals surface area contributed by atoms with E-state index < -0.39 is 0 Å². The van der Waals surface area contributed by atoms with E-state index in [1.54, 1.807) is 0 Å². The molecule has 1 amide bonds. The van der Waals surface area contributed by atoms with Crippen LogP contribution in [0.25, 0.3) is 0 Å². The molecule has 94 valence electrons. The molecule has 0 heterocycles. The zero-order chi connectivity index (χ0) is 12.8. The van der Waals surface area contributed by atoms with E-state index in [1.165, 1.54) is 0 Å². The van der Waals surface area contributed by atoms with Gasteiger partial charge in [-0.1, -0.05) is 19.1 Å². The molecule has 17 heavy (non-hydrogen) atoms. The Morgan fingerprint density at radius 3 is 2.71 bits per heavy atom. The summed E-state index contributed by atoms with van der Waals surface area (Å²) in [5.41, 5.74) is 3.15. The lowest BCUT2D eigenvalue weighted by Crippen LogP contribution is -2.34. The molecule has 0 saturated carbocycles. The summed E-state index contributed by atoms with van der Waals surface area (Å²) in [5, 5.41) is 6.10. The number of hydrogen-bond acceptors (Lipinski definition) is 2. The van der Waals surface area contributed by atoms with Crippen LogP contribution in [0.2, 0.25) is 0 Å². The molecule has 0 radical (unpaired) electrons. The summed E-state index contributed by atoms with van der Waals surface area (Å²) >= 11 is 0. The highest BCUT2D eigenvalue weighted by Gasteiger charge is 2.06. The van der Waals surface area contributed by atoms with Gasteiger partial charge in [-0.3, -0.25) is 4.79 Å². The Morgan fingerprint density at radius 1 is 1.35 bits per heavy atom. The van der Waals surface area contributed by atoms with Gasteiger partial charge in [0, 0.05) is 11.7 Å². The summed E-state index contributed by atoms with van der Waals surface area (Å²) < 4.78 is 0. The molecule has 0 aromatic heterocycles. The Morgan fingerprint density at radius 2 is 2.06 bits per heavy atom. The van der Waals surface area contributed by atoms with Gasteiger partial charge in [0.05, 0.1) is 6.54 Å². The van der Waals surface area contributed by atoms with Gasteiger partial charge in [0.25, 0.3) is 0 Å². The Bertz CT molecular complexity index is 388. The van der Waals surface area contributed by atoms with Crippen molar-refractivity contribution in [1.82, 2.24) is 5.32 Å². The van der Waals surface area contributed by atoms with Gasteiger partial charge < -0.3 is 10.6 Å². The summed E-state index contributed by atoms with van der Waals surface area (Å²) in [6.07, 6.45) is 1.02. The van der Waals surface area contributed by atoms with Crippen LogP contribution in [-0.4, -0.2) is 18.5 Å². The summed E-state index contributed by atoms with van der Waals surface area (Å²) in [6, 6.07) is 6.44. The van der Waals surface area contributed by atoms with E-state index in [0.717, 1.165) is 23.2 Å². The van der Waals surface area contributed by atoms with E-state index >= 15 is 0 Å². The first kappa shape index (κ1) is 13.7. The van der Waals surface area contributed by atoms with E-state index in [2.05, 4.69) is 24.5 Å². The van der Waals surface area contributed by atoms with E-state index in [9.17, 15) is 4.79 Å². The SMILES string of the molecule is CCC(C)NCC(=O)Nc1cc(C)ccc1C. The molecule has 0 saturated heterocycles. The van der Waals surface area contributed by atoms with Crippen molar-refractivity contribution in [2.75, 3.05) is 11.9 Å². The molecule has 0 fully saturated rings. The maximum atomic E-state index is 11.7. The van der Waals surface area contributed by atoms with Crippen LogP contribution >= 0.6 is 0 Å². The van der Waals surface area contributed by atoms with Gasteiger partial charge in [-0.2, -0.15) is 0 Å². The van der Waals surface area contributed by atoms with Crippen LogP contribution in [0.4, 0.5) is 5.69 Å². The number of benzene rings is 1. The number of aryl methyl sites for hydroxylation is 2. The molecular formula is C14H22N2O. The van der Waals surface area contributed by atoms with E-state index in [0.29, 0.717) is 12.6 Å². The molecule has 0 aliphatic rings. The summed E-state index contributed by atoms with van der Waals surface area (Å²) in [4.78, 5) is 11.7. The monoisotopic (exact) mass is 234 g/mol. The van der Waals surface area contributed by atoms with Crippen LogP contribution in [-0.2, 0) is 4.79 Å². The zero-order valence-corrected chi connectivity index (χ0v) is 11.1. The average Bonchev–Trinajstić information content (AvgIpc) is 2.30. The predicted octanol–water partition coefficient (Wildman–Crippen LogP) is 2.63. The van der Waals surface area contributed by atoms with Gasteiger partial charge in [0.2, 0.25) is 5.91 Å². The molecule has 1 aromatic carbocycles. The van der Waals surface area contributed by atoms with Crippen molar-refractivity contribution in [2.24, 2.45) is 0 Å². The molecule has 1 rings (SSSR count). The fourth-order valence-electron chi connectivity index (χ4n) is 1.48. The van der Waals surface area contributed by atoms with Crippen molar-refractivity contribution in [2.45, 2.75) is 40.2 Å². The highest BCUT2D eigenvalue weighted by atomic mass is 16.1. The molecule has 2 N–H and O–H groups in total. The van der Waals surface area contributed by atoms with E-state index in [-0.39, 0.29) is 5.91 Å². The van der Waals surface area contributed by atoms with Crippen LogP contribution < -0.4 is 10.6 Å². The minimum atomic E-state index is 0.0130. The lowest BCUT2D eigenvalue weighted by atomic mass is 10.1. The van der Waals surface area contributed by atoms with Crippen LogP contribution in [0, 0.1) is 13.8 Å². The van der Waals surface area contributed by atoms with Crippen molar-refractivity contribution in [3.05, 3.63) is 29.3 Å². The molecule has 0 aliphatic carbocycles. The first-order valence-corrected chi connectivity index (χ1v) is 6.13. The van der Waals surface area contributed by atoms with Gasteiger partial charge in [0.1, 0.15) is 0 Å². The van der Waals surface area contributed by atoms with Gasteiger partial charge in [-0.05, 0) is 44.4 Å². The number of rotatable bonds is 5. The Kier molecular flexibility index (Phi) is 5.16. The third-order valence-electron chi connectivity index (χ3n) is 2.89. The Balaban J connectivity index is 2.53. The van der Waals surface area contributed by atoms with Crippen LogP contribution in [0.15, 0.2) is 18.2 Å². The lowest BCUT2D eigenvalue weighted by Gasteiger charge is -2.12. The molecule has 3 heteroatoms. The first-order chi connectivity index (χ1) is 8.02. The van der Waals surface area contributed by atoms with Crippen LogP contribution in [0.1, 0.15) is 31.4 Å². The third kappa shape index (κ3) is 4.57. The van der Waals surface area contributed by atoms with Crippen LogP contribution in [0.3, 0.4) is 0 Å². The van der Waals surface area contributed by atoms with Crippen molar-refractivity contribution < 1.29 is 4.79 Å². The fraction of sp³-hybridized carbons (Fsp3) is 0.500. The number of anilines is 1. The summed E-state index contributed by atoms with van der Waals surface area (Å²) in [6.45, 7) is 8.55. The number of carbonyl (C=O) groups is 1. The highest BCUT2D eigenvalue weighted by molar-refractivity contribution is 5.93. The van der Waals surface area contributed by atoms with Gasteiger partial charge in [-0.25, -0.2) is 0 Å². The largest absolute Gasteiger partial charge is 0.325 e. The maximum Gasteiger partial charge on any atom is 0.238 e. The number of hydrogen-bond donors (Lipinski definition) is 2. The molecule has 1 atom stereocenters. The van der Waals surface area contributed by atoms with Crippen molar-refractivity contribution in [1.29, 1.82) is 0 Å². The zero-order valence-electron chi connectivity index (χ0n) is 11.1.